The van der Waals surface area contributed by atoms with Gasteiger partial charge in [0.2, 0.25) is 0 Å². The van der Waals surface area contributed by atoms with Crippen LogP contribution in [0.5, 0.6) is 0 Å². The first-order valence-corrected chi connectivity index (χ1v) is 9.20. The topological polar surface area (TPSA) is 46.9 Å². The molecule has 0 saturated heterocycles. The molecule has 2 aromatic carbocycles. The summed E-state index contributed by atoms with van der Waals surface area (Å²) in [7, 11) is 0. The zero-order valence-electron chi connectivity index (χ0n) is 14.7. The number of aromatic nitrogens is 2. The summed E-state index contributed by atoms with van der Waals surface area (Å²) in [5, 5.41) is 7.75. The number of rotatable bonds is 4. The van der Waals surface area contributed by atoms with E-state index in [1.54, 1.807) is 22.9 Å². The van der Waals surface area contributed by atoms with Crippen molar-refractivity contribution in [3.05, 3.63) is 82.1 Å². The van der Waals surface area contributed by atoms with Gasteiger partial charge in [-0.25, -0.2) is 13.2 Å². The Kier molecular flexibility index (Phi) is 4.64. The fraction of sp³-hybridized carbons (Fsp3) is 0.100. The molecule has 0 aliphatic carbocycles. The van der Waals surface area contributed by atoms with Crippen molar-refractivity contribution in [1.29, 1.82) is 0 Å². The number of anilines is 1. The molecular formula is C20H14F3N3OS. The minimum absolute atomic E-state index is 0.0893. The van der Waals surface area contributed by atoms with E-state index in [-0.39, 0.29) is 11.5 Å². The normalized spacial score (nSPS) is 11.1. The summed E-state index contributed by atoms with van der Waals surface area (Å²) in [6.07, 6.45) is 0. The van der Waals surface area contributed by atoms with E-state index in [0.717, 1.165) is 27.5 Å². The first kappa shape index (κ1) is 18.2. The highest BCUT2D eigenvalue weighted by Crippen LogP contribution is 2.29. The van der Waals surface area contributed by atoms with Gasteiger partial charge in [0, 0.05) is 11.5 Å². The SMILES string of the molecule is Cc1nn(Cc2ccc(F)cc2)c2sc(C(=O)Nc3ccc(F)cc3F)cc12. The fourth-order valence-electron chi connectivity index (χ4n) is 2.87. The molecule has 1 N–H and O–H groups in total. The predicted molar refractivity (Wildman–Crippen MR) is 102 cm³/mol. The third kappa shape index (κ3) is 3.50. The minimum atomic E-state index is -0.840. The number of amides is 1. The van der Waals surface area contributed by atoms with Crippen molar-refractivity contribution in [3.8, 4) is 0 Å². The average molecular weight is 401 g/mol. The van der Waals surface area contributed by atoms with Crippen LogP contribution in [0.3, 0.4) is 0 Å². The molecule has 4 aromatic rings. The molecule has 142 valence electrons. The molecule has 2 aromatic heterocycles. The second-order valence-electron chi connectivity index (χ2n) is 6.28. The van der Waals surface area contributed by atoms with Crippen molar-refractivity contribution in [2.45, 2.75) is 13.5 Å². The molecule has 28 heavy (non-hydrogen) atoms. The molecule has 0 radical (unpaired) electrons. The Bertz CT molecular complexity index is 1180. The first-order chi connectivity index (χ1) is 13.4. The van der Waals surface area contributed by atoms with Gasteiger partial charge in [0.05, 0.1) is 22.8 Å². The maximum atomic E-state index is 13.8. The Morgan fingerprint density at radius 3 is 2.50 bits per heavy atom. The third-order valence-corrected chi connectivity index (χ3v) is 5.40. The number of thiophene rings is 1. The monoisotopic (exact) mass is 401 g/mol. The van der Waals surface area contributed by atoms with Gasteiger partial charge in [-0.2, -0.15) is 5.10 Å². The molecule has 0 saturated carbocycles. The first-order valence-electron chi connectivity index (χ1n) is 8.38. The molecule has 0 aliphatic rings. The lowest BCUT2D eigenvalue weighted by atomic mass is 10.2. The number of carbonyl (C=O) groups is 1. The number of hydrogen-bond acceptors (Lipinski definition) is 3. The van der Waals surface area contributed by atoms with E-state index < -0.39 is 17.5 Å². The van der Waals surface area contributed by atoms with Crippen LogP contribution < -0.4 is 5.32 Å². The molecule has 8 heteroatoms. The van der Waals surface area contributed by atoms with Crippen molar-refractivity contribution in [2.75, 3.05) is 5.32 Å². The largest absolute Gasteiger partial charge is 0.319 e. The van der Waals surface area contributed by atoms with Crippen LogP contribution in [-0.2, 0) is 6.54 Å². The van der Waals surface area contributed by atoms with E-state index in [4.69, 9.17) is 0 Å². The lowest BCUT2D eigenvalue weighted by molar-refractivity contribution is 0.103. The Morgan fingerprint density at radius 2 is 1.79 bits per heavy atom. The fourth-order valence-corrected chi connectivity index (χ4v) is 3.93. The van der Waals surface area contributed by atoms with Crippen molar-refractivity contribution >= 4 is 33.1 Å². The molecule has 0 unspecified atom stereocenters. The lowest BCUT2D eigenvalue weighted by Gasteiger charge is -2.05. The minimum Gasteiger partial charge on any atom is -0.319 e. The zero-order valence-corrected chi connectivity index (χ0v) is 15.5. The molecule has 2 heterocycles. The van der Waals surface area contributed by atoms with Gasteiger partial charge in [-0.3, -0.25) is 9.48 Å². The van der Waals surface area contributed by atoms with E-state index >= 15 is 0 Å². The Morgan fingerprint density at radius 1 is 1.07 bits per heavy atom. The van der Waals surface area contributed by atoms with Gasteiger partial charge >= 0.3 is 0 Å². The number of hydrogen-bond donors (Lipinski definition) is 1. The Balaban J connectivity index is 1.62. The summed E-state index contributed by atoms with van der Waals surface area (Å²) < 4.78 is 41.6. The maximum Gasteiger partial charge on any atom is 0.265 e. The van der Waals surface area contributed by atoms with E-state index in [2.05, 4.69) is 10.4 Å². The van der Waals surface area contributed by atoms with Gasteiger partial charge in [0.1, 0.15) is 22.3 Å². The summed E-state index contributed by atoms with van der Waals surface area (Å²) in [6, 6.07) is 10.8. The summed E-state index contributed by atoms with van der Waals surface area (Å²) in [4.78, 5) is 13.7. The molecule has 0 bridgehead atoms. The van der Waals surface area contributed by atoms with Crippen LogP contribution >= 0.6 is 11.3 Å². The molecular weight excluding hydrogens is 387 g/mol. The van der Waals surface area contributed by atoms with Crippen LogP contribution in [0, 0.1) is 24.4 Å². The summed E-state index contributed by atoms with van der Waals surface area (Å²) in [6.45, 7) is 2.26. The molecule has 0 spiro atoms. The van der Waals surface area contributed by atoms with Gasteiger partial charge in [-0.1, -0.05) is 12.1 Å². The van der Waals surface area contributed by atoms with Crippen LogP contribution in [-0.4, -0.2) is 15.7 Å². The number of carbonyl (C=O) groups excluding carboxylic acids is 1. The standard InChI is InChI=1S/C20H14F3N3OS/c1-11-15-9-18(19(27)24-17-7-6-14(22)8-16(17)23)28-20(15)26(25-11)10-12-2-4-13(21)5-3-12/h2-9H,10H2,1H3,(H,24,27). The van der Waals surface area contributed by atoms with Crippen molar-refractivity contribution < 1.29 is 18.0 Å². The van der Waals surface area contributed by atoms with Gasteiger partial charge in [-0.05, 0) is 42.8 Å². The number of nitrogens with zero attached hydrogens (tertiary/aromatic N) is 2. The van der Waals surface area contributed by atoms with Crippen LogP contribution in [0.25, 0.3) is 10.2 Å². The summed E-state index contributed by atoms with van der Waals surface area (Å²) in [5.41, 5.74) is 1.53. The Hall–Kier alpha value is -3.13. The smallest absolute Gasteiger partial charge is 0.265 e. The maximum absolute atomic E-state index is 13.8. The second-order valence-corrected chi connectivity index (χ2v) is 7.31. The van der Waals surface area contributed by atoms with Crippen molar-refractivity contribution in [2.24, 2.45) is 0 Å². The van der Waals surface area contributed by atoms with Gasteiger partial charge < -0.3 is 5.32 Å². The number of benzene rings is 2. The van der Waals surface area contributed by atoms with E-state index in [0.29, 0.717) is 17.5 Å². The van der Waals surface area contributed by atoms with Crippen molar-refractivity contribution in [3.63, 3.8) is 0 Å². The lowest BCUT2D eigenvalue weighted by Crippen LogP contribution is -2.11. The molecule has 0 aliphatic heterocycles. The van der Waals surface area contributed by atoms with Gasteiger partial charge in [0.15, 0.2) is 0 Å². The quantitative estimate of drug-likeness (QED) is 0.516. The number of aryl methyl sites for hydroxylation is 1. The molecule has 4 nitrogen and oxygen atoms in total. The Labute approximate surface area is 162 Å². The molecule has 1 amide bonds. The highest BCUT2D eigenvalue weighted by Gasteiger charge is 2.18. The van der Waals surface area contributed by atoms with Gasteiger partial charge in [0.25, 0.3) is 5.91 Å². The number of nitrogens with one attached hydrogen (secondary N) is 1. The molecule has 0 atom stereocenters. The van der Waals surface area contributed by atoms with Crippen LogP contribution in [0.15, 0.2) is 48.5 Å². The number of fused-ring (bicyclic) bond motifs is 1. The van der Waals surface area contributed by atoms with Crippen LogP contribution in [0.4, 0.5) is 18.9 Å². The average Bonchev–Trinajstić information content (AvgIpc) is 3.21. The molecule has 0 fully saturated rings. The highest BCUT2D eigenvalue weighted by molar-refractivity contribution is 7.20. The molecule has 4 rings (SSSR count). The van der Waals surface area contributed by atoms with E-state index in [1.165, 1.54) is 29.5 Å². The third-order valence-electron chi connectivity index (χ3n) is 4.26. The highest BCUT2D eigenvalue weighted by atomic mass is 32.1. The van der Waals surface area contributed by atoms with E-state index in [1.807, 2.05) is 6.92 Å². The van der Waals surface area contributed by atoms with Crippen molar-refractivity contribution in [1.82, 2.24) is 9.78 Å². The number of halogens is 3. The van der Waals surface area contributed by atoms with Gasteiger partial charge in [-0.15, -0.1) is 11.3 Å². The predicted octanol–water partition coefficient (Wildman–Crippen LogP) is 5.12. The second kappa shape index (κ2) is 7.12. The zero-order chi connectivity index (χ0) is 19.8. The van der Waals surface area contributed by atoms with E-state index in [9.17, 15) is 18.0 Å². The summed E-state index contributed by atoms with van der Waals surface area (Å²) >= 11 is 1.22. The van der Waals surface area contributed by atoms with Crippen LogP contribution in [0.2, 0.25) is 0 Å². The summed E-state index contributed by atoms with van der Waals surface area (Å²) in [5.74, 6) is -2.35. The van der Waals surface area contributed by atoms with Crippen LogP contribution in [0.1, 0.15) is 20.9 Å².